The summed E-state index contributed by atoms with van der Waals surface area (Å²) < 4.78 is 0.637. The van der Waals surface area contributed by atoms with Crippen molar-refractivity contribution < 1.29 is 19.5 Å². The lowest BCUT2D eigenvalue weighted by Crippen LogP contribution is -2.34. The average molecular weight is 378 g/mol. The second-order valence-electron chi connectivity index (χ2n) is 4.33. The number of amides is 3. The molecule has 0 bridgehead atoms. The summed E-state index contributed by atoms with van der Waals surface area (Å²) in [6.07, 6.45) is 0.0260. The van der Waals surface area contributed by atoms with E-state index < -0.39 is 17.9 Å². The first-order chi connectivity index (χ1) is 9.79. The maximum Gasteiger partial charge on any atom is 0.325 e. The minimum Gasteiger partial charge on any atom is -0.481 e. The van der Waals surface area contributed by atoms with E-state index >= 15 is 0 Å². The Morgan fingerprint density at radius 3 is 2.57 bits per heavy atom. The Bertz CT molecular complexity index is 578. The number of halogens is 2. The molecule has 8 heteroatoms. The predicted octanol–water partition coefficient (Wildman–Crippen LogP) is 3.31. The van der Waals surface area contributed by atoms with E-state index in [0.29, 0.717) is 15.2 Å². The maximum atomic E-state index is 11.6. The molecule has 0 saturated carbocycles. The van der Waals surface area contributed by atoms with Gasteiger partial charge in [-0.3, -0.25) is 14.9 Å². The highest BCUT2D eigenvalue weighted by molar-refractivity contribution is 9.10. The highest BCUT2D eigenvalue weighted by Crippen LogP contribution is 2.29. The van der Waals surface area contributed by atoms with Crippen LogP contribution in [0.15, 0.2) is 16.6 Å². The zero-order valence-electron chi connectivity index (χ0n) is 11.2. The number of anilines is 1. The molecule has 21 heavy (non-hydrogen) atoms. The molecule has 114 valence electrons. The van der Waals surface area contributed by atoms with Gasteiger partial charge in [0.05, 0.1) is 5.69 Å². The fraction of sp³-hybridized carbons (Fsp3) is 0.308. The normalized spacial score (nSPS) is 10.0. The molecule has 0 heterocycles. The molecule has 3 amide bonds. The van der Waals surface area contributed by atoms with Crippen LogP contribution in [0.3, 0.4) is 0 Å². The smallest absolute Gasteiger partial charge is 0.325 e. The minimum absolute atomic E-state index is 0.0322. The zero-order chi connectivity index (χ0) is 16.0. The van der Waals surface area contributed by atoms with Crippen LogP contribution in [0, 0.1) is 6.92 Å². The van der Waals surface area contributed by atoms with E-state index in [-0.39, 0.29) is 19.3 Å². The Kier molecular flexibility index (Phi) is 6.64. The topological polar surface area (TPSA) is 95.5 Å². The van der Waals surface area contributed by atoms with Crippen LogP contribution in [0.25, 0.3) is 0 Å². The number of carbonyl (C=O) groups is 3. The summed E-state index contributed by atoms with van der Waals surface area (Å²) in [5.41, 5.74) is 1.28. The Labute approximate surface area is 135 Å². The lowest BCUT2D eigenvalue weighted by Gasteiger charge is -2.10. The summed E-state index contributed by atoms with van der Waals surface area (Å²) in [5, 5.41) is 13.5. The van der Waals surface area contributed by atoms with Crippen molar-refractivity contribution in [3.63, 3.8) is 0 Å². The van der Waals surface area contributed by atoms with Crippen LogP contribution < -0.4 is 10.6 Å². The molecule has 1 aromatic rings. The van der Waals surface area contributed by atoms with Crippen LogP contribution in [0.2, 0.25) is 5.02 Å². The fourth-order valence-corrected chi connectivity index (χ4v) is 2.21. The number of hydrogen-bond donors (Lipinski definition) is 3. The third-order valence-electron chi connectivity index (χ3n) is 2.54. The van der Waals surface area contributed by atoms with Crippen molar-refractivity contribution in [3.8, 4) is 0 Å². The summed E-state index contributed by atoms with van der Waals surface area (Å²) in [5.74, 6) is -1.52. The molecule has 0 aromatic heterocycles. The molecule has 1 rings (SSSR count). The summed E-state index contributed by atoms with van der Waals surface area (Å²) in [4.78, 5) is 33.4. The number of hydrogen-bond acceptors (Lipinski definition) is 3. The van der Waals surface area contributed by atoms with Gasteiger partial charge < -0.3 is 10.4 Å². The Morgan fingerprint density at radius 2 is 1.95 bits per heavy atom. The van der Waals surface area contributed by atoms with Crippen molar-refractivity contribution in [1.29, 1.82) is 0 Å². The number of rotatable bonds is 5. The van der Waals surface area contributed by atoms with Crippen LogP contribution in [-0.2, 0) is 9.59 Å². The number of aliphatic carboxylic acids is 1. The van der Waals surface area contributed by atoms with Crippen LogP contribution in [-0.4, -0.2) is 23.0 Å². The number of urea groups is 1. The molecule has 0 atom stereocenters. The van der Waals surface area contributed by atoms with E-state index in [1.54, 1.807) is 12.1 Å². The molecule has 0 saturated heterocycles. The van der Waals surface area contributed by atoms with Crippen molar-refractivity contribution >= 4 is 51.1 Å². The Morgan fingerprint density at radius 1 is 1.29 bits per heavy atom. The van der Waals surface area contributed by atoms with E-state index in [9.17, 15) is 14.4 Å². The number of carbonyl (C=O) groups excluding carboxylic acids is 2. The number of imide groups is 1. The summed E-state index contributed by atoms with van der Waals surface area (Å²) >= 11 is 9.24. The summed E-state index contributed by atoms with van der Waals surface area (Å²) in [6, 6.07) is 2.61. The highest BCUT2D eigenvalue weighted by atomic mass is 79.9. The quantitative estimate of drug-likeness (QED) is 0.733. The third kappa shape index (κ3) is 6.14. The van der Waals surface area contributed by atoms with Gasteiger partial charge in [0.1, 0.15) is 0 Å². The number of carboxylic acids is 1. The van der Waals surface area contributed by atoms with Crippen LogP contribution in [0.5, 0.6) is 0 Å². The van der Waals surface area contributed by atoms with E-state index in [0.717, 1.165) is 5.56 Å². The van der Waals surface area contributed by atoms with E-state index in [4.69, 9.17) is 16.7 Å². The summed E-state index contributed by atoms with van der Waals surface area (Å²) in [6.45, 7) is 1.82. The van der Waals surface area contributed by atoms with Crippen LogP contribution >= 0.6 is 27.5 Å². The van der Waals surface area contributed by atoms with Gasteiger partial charge in [0.2, 0.25) is 5.91 Å². The molecule has 3 N–H and O–H groups in total. The lowest BCUT2D eigenvalue weighted by atomic mass is 10.2. The number of benzene rings is 1. The van der Waals surface area contributed by atoms with Crippen molar-refractivity contribution in [2.24, 2.45) is 0 Å². The SMILES string of the molecule is Cc1cc(Br)c(NC(=O)NC(=O)CCCC(=O)O)cc1Cl. The average Bonchev–Trinajstić information content (AvgIpc) is 2.35. The second kappa shape index (κ2) is 7.99. The monoisotopic (exact) mass is 376 g/mol. The first kappa shape index (κ1) is 17.5. The fourth-order valence-electron chi connectivity index (χ4n) is 1.48. The largest absolute Gasteiger partial charge is 0.481 e. The van der Waals surface area contributed by atoms with Gasteiger partial charge in [-0.2, -0.15) is 0 Å². The molecule has 0 unspecified atom stereocenters. The van der Waals surface area contributed by atoms with E-state index in [2.05, 4.69) is 26.6 Å². The second-order valence-corrected chi connectivity index (χ2v) is 5.59. The molecule has 0 spiro atoms. The molecule has 1 aromatic carbocycles. The van der Waals surface area contributed by atoms with Gasteiger partial charge >= 0.3 is 12.0 Å². The van der Waals surface area contributed by atoms with Gasteiger partial charge in [0.25, 0.3) is 0 Å². The standard InChI is InChI=1S/C13H14BrClN2O4/c1-7-5-8(14)10(6-9(7)15)16-13(21)17-11(18)3-2-4-12(19)20/h5-6H,2-4H2,1H3,(H,19,20)(H2,16,17,18,21). The third-order valence-corrected chi connectivity index (χ3v) is 3.61. The van der Waals surface area contributed by atoms with Crippen LogP contribution in [0.4, 0.5) is 10.5 Å². The first-order valence-electron chi connectivity index (χ1n) is 6.08. The van der Waals surface area contributed by atoms with E-state index in [1.807, 2.05) is 6.92 Å². The zero-order valence-corrected chi connectivity index (χ0v) is 13.5. The molecule has 0 aliphatic heterocycles. The molecular weight excluding hydrogens is 364 g/mol. The lowest BCUT2D eigenvalue weighted by molar-refractivity contribution is -0.137. The van der Waals surface area contributed by atoms with Gasteiger partial charge in [0, 0.05) is 22.3 Å². The van der Waals surface area contributed by atoms with Gasteiger partial charge in [-0.15, -0.1) is 0 Å². The van der Waals surface area contributed by atoms with Gasteiger partial charge in [-0.1, -0.05) is 11.6 Å². The van der Waals surface area contributed by atoms with Crippen molar-refractivity contribution in [2.45, 2.75) is 26.2 Å². The molecule has 6 nitrogen and oxygen atoms in total. The Hall–Kier alpha value is -1.60. The Balaban J connectivity index is 2.52. The molecule has 0 radical (unpaired) electrons. The minimum atomic E-state index is -0.981. The van der Waals surface area contributed by atoms with Gasteiger partial charge in [0.15, 0.2) is 0 Å². The molecule has 0 aliphatic carbocycles. The first-order valence-corrected chi connectivity index (χ1v) is 7.25. The number of carboxylic acid groups (broad SMARTS) is 1. The van der Waals surface area contributed by atoms with Gasteiger partial charge in [-0.25, -0.2) is 4.79 Å². The van der Waals surface area contributed by atoms with Gasteiger partial charge in [-0.05, 0) is 47.0 Å². The number of nitrogens with one attached hydrogen (secondary N) is 2. The van der Waals surface area contributed by atoms with E-state index in [1.165, 1.54) is 0 Å². The molecule has 0 fully saturated rings. The summed E-state index contributed by atoms with van der Waals surface area (Å²) in [7, 11) is 0. The predicted molar refractivity (Wildman–Crippen MR) is 82.5 cm³/mol. The maximum absolute atomic E-state index is 11.6. The van der Waals surface area contributed by atoms with Crippen molar-refractivity contribution in [1.82, 2.24) is 5.32 Å². The van der Waals surface area contributed by atoms with Crippen molar-refractivity contribution in [2.75, 3.05) is 5.32 Å². The molecule has 0 aliphatic rings. The van der Waals surface area contributed by atoms with Crippen LogP contribution in [0.1, 0.15) is 24.8 Å². The molecular formula is C13H14BrClN2O4. The highest BCUT2D eigenvalue weighted by Gasteiger charge is 2.11. The number of aryl methyl sites for hydroxylation is 1. The van der Waals surface area contributed by atoms with Crippen molar-refractivity contribution in [3.05, 3.63) is 27.2 Å².